The van der Waals surface area contributed by atoms with Crippen LogP contribution in [0.15, 0.2) is 0 Å². The first kappa shape index (κ1) is 14.2. The van der Waals surface area contributed by atoms with E-state index in [4.69, 9.17) is 4.98 Å². The second-order valence-corrected chi connectivity index (χ2v) is 7.98. The third-order valence-corrected chi connectivity index (χ3v) is 5.45. The van der Waals surface area contributed by atoms with Crippen molar-refractivity contribution in [3.05, 3.63) is 17.2 Å². The Balaban J connectivity index is 1.95. The lowest BCUT2D eigenvalue weighted by molar-refractivity contribution is 0.330. The molecule has 2 aliphatic carbocycles. The van der Waals surface area contributed by atoms with Crippen molar-refractivity contribution in [3.63, 3.8) is 0 Å². The summed E-state index contributed by atoms with van der Waals surface area (Å²) in [6, 6.07) is 0. The third-order valence-electron chi connectivity index (χ3n) is 5.45. The van der Waals surface area contributed by atoms with Crippen LogP contribution in [0.1, 0.15) is 89.4 Å². The largest absolute Gasteiger partial charge is 0.345 e. The van der Waals surface area contributed by atoms with Crippen LogP contribution in [0.4, 0.5) is 0 Å². The zero-order valence-electron chi connectivity index (χ0n) is 13.6. The number of aromatic nitrogens is 2. The van der Waals surface area contributed by atoms with Crippen LogP contribution in [-0.4, -0.2) is 9.97 Å². The van der Waals surface area contributed by atoms with E-state index in [1.165, 1.54) is 62.2 Å². The molecule has 0 amide bonds. The first-order valence-electron chi connectivity index (χ1n) is 8.59. The van der Waals surface area contributed by atoms with Crippen LogP contribution >= 0.6 is 0 Å². The van der Waals surface area contributed by atoms with Gasteiger partial charge in [-0.15, -0.1) is 0 Å². The van der Waals surface area contributed by atoms with Gasteiger partial charge in [0.15, 0.2) is 0 Å². The van der Waals surface area contributed by atoms with E-state index >= 15 is 0 Å². The summed E-state index contributed by atoms with van der Waals surface area (Å²) < 4.78 is 0. The molecule has 1 aromatic rings. The molecule has 112 valence electrons. The van der Waals surface area contributed by atoms with E-state index in [0.717, 1.165) is 11.8 Å². The Morgan fingerprint density at radius 3 is 2.60 bits per heavy atom. The molecule has 1 fully saturated rings. The molecule has 1 saturated carbocycles. The van der Waals surface area contributed by atoms with Gasteiger partial charge in [-0.3, -0.25) is 0 Å². The summed E-state index contributed by atoms with van der Waals surface area (Å²) in [6.45, 7) is 9.43. The monoisotopic (exact) mass is 274 g/mol. The van der Waals surface area contributed by atoms with Gasteiger partial charge < -0.3 is 4.98 Å². The first-order chi connectivity index (χ1) is 9.50. The molecule has 2 unspecified atom stereocenters. The quantitative estimate of drug-likeness (QED) is 0.829. The number of hydrogen-bond donors (Lipinski definition) is 1. The van der Waals surface area contributed by atoms with Crippen LogP contribution in [0.25, 0.3) is 0 Å². The van der Waals surface area contributed by atoms with Crippen molar-refractivity contribution in [1.29, 1.82) is 0 Å². The molecule has 2 aliphatic rings. The molecular weight excluding hydrogens is 244 g/mol. The minimum absolute atomic E-state index is 0.356. The second kappa shape index (κ2) is 5.20. The van der Waals surface area contributed by atoms with Crippen LogP contribution in [0.3, 0.4) is 0 Å². The van der Waals surface area contributed by atoms with E-state index in [-0.39, 0.29) is 0 Å². The zero-order valence-corrected chi connectivity index (χ0v) is 13.6. The highest BCUT2D eigenvalue weighted by atomic mass is 15.0. The minimum atomic E-state index is 0.356. The number of hydrogen-bond acceptors (Lipinski definition) is 1. The summed E-state index contributed by atoms with van der Waals surface area (Å²) in [7, 11) is 0. The number of imidazole rings is 1. The predicted molar refractivity (Wildman–Crippen MR) is 84.1 cm³/mol. The number of nitrogens with one attached hydrogen (secondary N) is 1. The highest BCUT2D eigenvalue weighted by molar-refractivity contribution is 5.26. The van der Waals surface area contributed by atoms with Gasteiger partial charge in [-0.25, -0.2) is 4.98 Å². The lowest BCUT2D eigenvalue weighted by Gasteiger charge is -2.28. The predicted octanol–water partition coefficient (Wildman–Crippen LogP) is 4.95. The maximum atomic E-state index is 5.12. The number of aromatic amines is 1. The van der Waals surface area contributed by atoms with Crippen molar-refractivity contribution in [2.45, 2.75) is 84.0 Å². The molecular formula is C18H30N2. The number of rotatable bonds is 3. The minimum Gasteiger partial charge on any atom is -0.345 e. The molecule has 0 aliphatic heterocycles. The van der Waals surface area contributed by atoms with Gasteiger partial charge in [0.2, 0.25) is 0 Å². The standard InChI is InChI=1S/C18H30N2/c1-12(2)11-18(7-5-6-8-18)17-19-15-10-13(3)9-14(4)16(15)20-17/h12-14H,5-11H2,1-4H3,(H,19,20). The van der Waals surface area contributed by atoms with Crippen LogP contribution in [0, 0.1) is 11.8 Å². The van der Waals surface area contributed by atoms with Gasteiger partial charge >= 0.3 is 0 Å². The Morgan fingerprint density at radius 1 is 1.25 bits per heavy atom. The van der Waals surface area contributed by atoms with E-state index < -0.39 is 0 Å². The Labute approximate surface area is 123 Å². The Kier molecular flexibility index (Phi) is 3.68. The number of H-pyrrole nitrogens is 1. The SMILES string of the molecule is CC(C)CC1(c2nc3c([nH]2)CC(C)CC3C)CCCC1. The number of fused-ring (bicyclic) bond motifs is 1. The molecule has 20 heavy (non-hydrogen) atoms. The van der Waals surface area contributed by atoms with E-state index in [0.29, 0.717) is 11.3 Å². The highest BCUT2D eigenvalue weighted by Gasteiger charge is 2.40. The summed E-state index contributed by atoms with van der Waals surface area (Å²) in [5, 5.41) is 0. The van der Waals surface area contributed by atoms with Crippen LogP contribution < -0.4 is 0 Å². The summed E-state index contributed by atoms with van der Waals surface area (Å²) in [5.74, 6) is 3.52. The molecule has 1 aromatic heterocycles. The molecule has 3 rings (SSSR count). The van der Waals surface area contributed by atoms with Gasteiger partial charge in [0.05, 0.1) is 5.69 Å². The molecule has 2 nitrogen and oxygen atoms in total. The average molecular weight is 274 g/mol. The van der Waals surface area contributed by atoms with Crippen LogP contribution in [-0.2, 0) is 11.8 Å². The summed E-state index contributed by atoms with van der Waals surface area (Å²) in [4.78, 5) is 8.89. The van der Waals surface area contributed by atoms with E-state index in [1.54, 1.807) is 0 Å². The van der Waals surface area contributed by atoms with E-state index in [9.17, 15) is 0 Å². The average Bonchev–Trinajstić information content (AvgIpc) is 2.95. The fourth-order valence-electron chi connectivity index (χ4n) is 4.76. The Bertz CT molecular complexity index is 466. The van der Waals surface area contributed by atoms with Crippen molar-refractivity contribution in [3.8, 4) is 0 Å². The van der Waals surface area contributed by atoms with Gasteiger partial charge in [0.1, 0.15) is 5.82 Å². The Hall–Kier alpha value is -0.790. The van der Waals surface area contributed by atoms with Crippen molar-refractivity contribution in [2.75, 3.05) is 0 Å². The Morgan fingerprint density at radius 2 is 1.95 bits per heavy atom. The van der Waals surface area contributed by atoms with Gasteiger partial charge in [0, 0.05) is 17.0 Å². The van der Waals surface area contributed by atoms with E-state index in [1.807, 2.05) is 0 Å². The highest BCUT2D eigenvalue weighted by Crippen LogP contribution is 2.46. The molecule has 1 N–H and O–H groups in total. The maximum absolute atomic E-state index is 5.12. The van der Waals surface area contributed by atoms with Gasteiger partial charge in [-0.1, -0.05) is 40.5 Å². The molecule has 2 atom stereocenters. The van der Waals surface area contributed by atoms with Crippen molar-refractivity contribution < 1.29 is 0 Å². The zero-order chi connectivity index (χ0) is 14.3. The maximum Gasteiger partial charge on any atom is 0.112 e. The molecule has 0 spiro atoms. The third kappa shape index (κ3) is 2.42. The van der Waals surface area contributed by atoms with Gasteiger partial charge in [-0.2, -0.15) is 0 Å². The molecule has 0 saturated heterocycles. The lowest BCUT2D eigenvalue weighted by atomic mass is 9.78. The van der Waals surface area contributed by atoms with Gasteiger partial charge in [-0.05, 0) is 43.9 Å². The topological polar surface area (TPSA) is 28.7 Å². The van der Waals surface area contributed by atoms with Crippen LogP contribution in [0.2, 0.25) is 0 Å². The molecule has 0 aromatic carbocycles. The summed E-state index contributed by atoms with van der Waals surface area (Å²) in [5.41, 5.74) is 3.18. The fourth-order valence-corrected chi connectivity index (χ4v) is 4.76. The fraction of sp³-hybridized carbons (Fsp3) is 0.833. The second-order valence-electron chi connectivity index (χ2n) is 7.98. The molecule has 0 bridgehead atoms. The summed E-state index contributed by atoms with van der Waals surface area (Å²) in [6.07, 6.45) is 9.22. The molecule has 2 heteroatoms. The van der Waals surface area contributed by atoms with Crippen molar-refractivity contribution in [2.24, 2.45) is 11.8 Å². The van der Waals surface area contributed by atoms with Crippen molar-refractivity contribution in [1.82, 2.24) is 9.97 Å². The smallest absolute Gasteiger partial charge is 0.112 e. The van der Waals surface area contributed by atoms with E-state index in [2.05, 4.69) is 32.7 Å². The van der Waals surface area contributed by atoms with Crippen LogP contribution in [0.5, 0.6) is 0 Å². The molecule has 0 radical (unpaired) electrons. The number of nitrogens with zero attached hydrogens (tertiary/aromatic N) is 1. The lowest BCUT2D eigenvalue weighted by Crippen LogP contribution is -2.26. The van der Waals surface area contributed by atoms with Gasteiger partial charge in [0.25, 0.3) is 0 Å². The summed E-state index contributed by atoms with van der Waals surface area (Å²) >= 11 is 0. The van der Waals surface area contributed by atoms with Crippen molar-refractivity contribution >= 4 is 0 Å². The normalized spacial score (nSPS) is 28.9. The first-order valence-corrected chi connectivity index (χ1v) is 8.59. The molecule has 1 heterocycles.